The lowest BCUT2D eigenvalue weighted by atomic mass is 10.0. The molecule has 7 nitrogen and oxygen atoms in total. The van der Waals surface area contributed by atoms with Gasteiger partial charge in [0.1, 0.15) is 11.4 Å². The van der Waals surface area contributed by atoms with Crippen LogP contribution in [-0.4, -0.2) is 39.1 Å². The first-order chi connectivity index (χ1) is 15.1. The molecule has 0 bridgehead atoms. The number of rotatable bonds is 3. The molecule has 0 amide bonds. The fourth-order valence-corrected chi connectivity index (χ4v) is 3.97. The molecule has 0 radical (unpaired) electrons. The molecule has 3 aromatic heterocycles. The third kappa shape index (κ3) is 4.62. The highest BCUT2D eigenvalue weighted by atomic mass is 32.1. The lowest BCUT2D eigenvalue weighted by Crippen LogP contribution is -2.21. The van der Waals surface area contributed by atoms with Gasteiger partial charge in [0.15, 0.2) is 0 Å². The van der Waals surface area contributed by atoms with Gasteiger partial charge in [-0.25, -0.2) is 9.48 Å². The van der Waals surface area contributed by atoms with Crippen molar-refractivity contribution in [1.82, 2.24) is 14.8 Å². The van der Waals surface area contributed by atoms with Gasteiger partial charge in [-0.2, -0.15) is 18.3 Å². The summed E-state index contributed by atoms with van der Waals surface area (Å²) >= 11 is 1.52. The maximum Gasteiger partial charge on any atom is 0.490 e. The number of thiophene rings is 1. The number of ether oxygens (including phenoxy) is 1. The Labute approximate surface area is 183 Å². The van der Waals surface area contributed by atoms with Gasteiger partial charge in [-0.05, 0) is 29.8 Å². The van der Waals surface area contributed by atoms with Gasteiger partial charge in [-0.15, -0.1) is 11.3 Å². The summed E-state index contributed by atoms with van der Waals surface area (Å²) < 4.78 is 39.5. The highest BCUT2D eigenvalue weighted by molar-refractivity contribution is 7.18. The van der Waals surface area contributed by atoms with E-state index < -0.39 is 12.1 Å². The van der Waals surface area contributed by atoms with Crippen molar-refractivity contribution in [1.29, 1.82) is 0 Å². The Balaban J connectivity index is 0.000000360. The van der Waals surface area contributed by atoms with Crippen molar-refractivity contribution >= 4 is 27.4 Å². The van der Waals surface area contributed by atoms with Crippen molar-refractivity contribution in [3.63, 3.8) is 0 Å². The Kier molecular flexibility index (Phi) is 6.58. The van der Waals surface area contributed by atoms with E-state index in [1.807, 2.05) is 41.8 Å². The number of aliphatic carboxylic acids is 1. The van der Waals surface area contributed by atoms with E-state index in [1.165, 1.54) is 16.0 Å². The van der Waals surface area contributed by atoms with Crippen LogP contribution in [0.4, 0.5) is 13.2 Å². The van der Waals surface area contributed by atoms with E-state index in [1.54, 1.807) is 26.6 Å². The fraction of sp³-hybridized carbons (Fsp3) is 0.143. The van der Waals surface area contributed by atoms with Crippen LogP contribution < -0.4 is 10.3 Å². The molecular formula is C21H16F3N3O4S. The smallest absolute Gasteiger partial charge is 0.490 e. The van der Waals surface area contributed by atoms with Crippen molar-refractivity contribution in [2.75, 3.05) is 7.11 Å². The van der Waals surface area contributed by atoms with Crippen molar-refractivity contribution in [2.45, 2.75) is 6.18 Å². The molecule has 0 spiro atoms. The number of benzene rings is 1. The highest BCUT2D eigenvalue weighted by Gasteiger charge is 2.38. The first-order valence-electron chi connectivity index (χ1n) is 8.97. The van der Waals surface area contributed by atoms with Crippen LogP contribution in [-0.2, 0) is 11.8 Å². The molecule has 0 fully saturated rings. The van der Waals surface area contributed by atoms with E-state index in [-0.39, 0.29) is 5.56 Å². The lowest BCUT2D eigenvalue weighted by Gasteiger charge is -2.10. The molecule has 166 valence electrons. The van der Waals surface area contributed by atoms with Gasteiger partial charge in [0.05, 0.1) is 17.2 Å². The molecule has 0 aliphatic heterocycles. The second kappa shape index (κ2) is 9.18. The summed E-state index contributed by atoms with van der Waals surface area (Å²) in [5.74, 6) is -2.03. The summed E-state index contributed by atoms with van der Waals surface area (Å²) in [6.45, 7) is 0. The molecule has 0 aliphatic rings. The molecule has 1 N–H and O–H groups in total. The van der Waals surface area contributed by atoms with Crippen molar-refractivity contribution < 1.29 is 27.8 Å². The monoisotopic (exact) mass is 463 g/mol. The summed E-state index contributed by atoms with van der Waals surface area (Å²) in [5.41, 5.74) is 3.38. The number of alkyl halides is 3. The third-order valence-electron chi connectivity index (χ3n) is 4.36. The molecule has 4 rings (SSSR count). The van der Waals surface area contributed by atoms with Crippen LogP contribution in [0, 0.1) is 0 Å². The molecule has 4 aromatic rings. The van der Waals surface area contributed by atoms with Crippen LogP contribution >= 0.6 is 11.3 Å². The predicted molar refractivity (Wildman–Crippen MR) is 114 cm³/mol. The topological polar surface area (TPSA) is 94.3 Å². The average Bonchev–Trinajstić information content (AvgIpc) is 3.22. The summed E-state index contributed by atoms with van der Waals surface area (Å²) in [7, 11) is 3.31. The van der Waals surface area contributed by atoms with Crippen LogP contribution in [0.1, 0.15) is 0 Å². The summed E-state index contributed by atoms with van der Waals surface area (Å²) in [6.07, 6.45) is -1.63. The Morgan fingerprint density at radius 2 is 1.75 bits per heavy atom. The number of methoxy groups -OCH3 is 1. The number of aromatic nitrogens is 3. The molecular weight excluding hydrogens is 447 g/mol. The van der Waals surface area contributed by atoms with Crippen LogP contribution in [0.5, 0.6) is 5.75 Å². The molecule has 0 saturated carbocycles. The van der Waals surface area contributed by atoms with Gasteiger partial charge in [-0.3, -0.25) is 9.78 Å². The van der Waals surface area contributed by atoms with Crippen LogP contribution in [0.2, 0.25) is 0 Å². The molecule has 0 unspecified atom stereocenters. The zero-order chi connectivity index (χ0) is 23.5. The van der Waals surface area contributed by atoms with Gasteiger partial charge >= 0.3 is 12.1 Å². The van der Waals surface area contributed by atoms with E-state index in [0.29, 0.717) is 5.39 Å². The van der Waals surface area contributed by atoms with Gasteiger partial charge in [-0.1, -0.05) is 12.1 Å². The third-order valence-corrected chi connectivity index (χ3v) is 5.35. The van der Waals surface area contributed by atoms with Gasteiger partial charge in [0, 0.05) is 35.9 Å². The Morgan fingerprint density at radius 3 is 2.34 bits per heavy atom. The largest absolute Gasteiger partial charge is 0.496 e. The maximum atomic E-state index is 12.8. The average molecular weight is 463 g/mol. The number of para-hydroxylation sites is 1. The number of fused-ring (bicyclic) bond motifs is 1. The molecule has 11 heteroatoms. The molecule has 0 atom stereocenters. The van der Waals surface area contributed by atoms with E-state index in [2.05, 4.69) is 10.1 Å². The normalized spacial score (nSPS) is 11.0. The van der Waals surface area contributed by atoms with E-state index in [0.717, 1.165) is 32.8 Å². The number of hydrogen-bond acceptors (Lipinski definition) is 6. The first-order valence-corrected chi connectivity index (χ1v) is 9.85. The van der Waals surface area contributed by atoms with Crippen LogP contribution in [0.25, 0.3) is 32.5 Å². The molecule has 1 aromatic carbocycles. The zero-order valence-electron chi connectivity index (χ0n) is 16.8. The lowest BCUT2D eigenvalue weighted by molar-refractivity contribution is -0.192. The van der Waals surface area contributed by atoms with Crippen molar-refractivity contribution in [3.05, 3.63) is 64.5 Å². The number of aryl methyl sites for hydroxylation is 1. The molecule has 0 saturated heterocycles. The summed E-state index contributed by atoms with van der Waals surface area (Å²) in [4.78, 5) is 25.7. The number of pyridine rings is 1. The maximum absolute atomic E-state index is 12.8. The standard InChI is InChI=1S/C19H15N3O2S.C2HF3O2/c1-22-19(23)16-14(12-7-9-20-10-8-12)11-25-18(16)17(21-22)13-5-3-4-6-15(13)24-2;3-2(4,5)1(6)7/h3-11H,1-2H3;(H,6,7). The Morgan fingerprint density at radius 1 is 1.12 bits per heavy atom. The highest BCUT2D eigenvalue weighted by Crippen LogP contribution is 2.39. The number of carbonyl (C=O) groups is 1. The SMILES string of the molecule is COc1ccccc1-c1nn(C)c(=O)c2c(-c3ccncc3)csc12.O=C(O)C(F)(F)F. The molecule has 3 heterocycles. The number of halogens is 3. The van der Waals surface area contributed by atoms with E-state index in [9.17, 15) is 18.0 Å². The van der Waals surface area contributed by atoms with E-state index >= 15 is 0 Å². The second-order valence-electron chi connectivity index (χ2n) is 6.37. The first kappa shape index (κ1) is 22.9. The van der Waals surface area contributed by atoms with Crippen LogP contribution in [0.15, 0.2) is 59.0 Å². The van der Waals surface area contributed by atoms with E-state index in [4.69, 9.17) is 14.6 Å². The number of carboxylic acids is 1. The summed E-state index contributed by atoms with van der Waals surface area (Å²) in [5, 5.41) is 14.3. The van der Waals surface area contributed by atoms with Crippen molar-refractivity contribution in [2.24, 2.45) is 7.05 Å². The minimum absolute atomic E-state index is 0.110. The number of carboxylic acid groups (broad SMARTS) is 1. The van der Waals surface area contributed by atoms with Crippen LogP contribution in [0.3, 0.4) is 0 Å². The molecule has 32 heavy (non-hydrogen) atoms. The van der Waals surface area contributed by atoms with Gasteiger partial charge in [0.2, 0.25) is 0 Å². The second-order valence-corrected chi connectivity index (χ2v) is 7.25. The minimum atomic E-state index is -5.08. The zero-order valence-corrected chi connectivity index (χ0v) is 17.6. The fourth-order valence-electron chi connectivity index (χ4n) is 2.91. The molecule has 0 aliphatic carbocycles. The van der Waals surface area contributed by atoms with Gasteiger partial charge < -0.3 is 9.84 Å². The van der Waals surface area contributed by atoms with Gasteiger partial charge in [0.25, 0.3) is 5.56 Å². The number of hydrogen-bond donors (Lipinski definition) is 1. The van der Waals surface area contributed by atoms with Crippen molar-refractivity contribution in [3.8, 4) is 28.1 Å². The Bertz CT molecular complexity index is 1320. The quantitative estimate of drug-likeness (QED) is 0.485. The Hall–Kier alpha value is -3.73. The number of nitrogens with zero attached hydrogens (tertiary/aromatic N) is 3. The predicted octanol–water partition coefficient (Wildman–Crippen LogP) is 4.37. The summed E-state index contributed by atoms with van der Waals surface area (Å²) in [6, 6.07) is 11.5. The minimum Gasteiger partial charge on any atom is -0.496 e.